The van der Waals surface area contributed by atoms with Gasteiger partial charge in [0.2, 0.25) is 11.8 Å². The second-order valence-corrected chi connectivity index (χ2v) is 7.40. The molecule has 0 unspecified atom stereocenters. The summed E-state index contributed by atoms with van der Waals surface area (Å²) < 4.78 is 64.2. The van der Waals surface area contributed by atoms with Crippen LogP contribution in [-0.2, 0) is 19.7 Å². The van der Waals surface area contributed by atoms with E-state index in [-0.39, 0.29) is 24.5 Å². The molecule has 0 aliphatic heterocycles. The molecule has 1 rings (SSSR count). The average Bonchev–Trinajstić information content (AvgIpc) is 2.56. The zero-order chi connectivity index (χ0) is 21.4. The molecule has 0 atom stereocenters. The second kappa shape index (κ2) is 10.2. The first-order chi connectivity index (χ1) is 13.0. The number of carbonyl (C=O) groups excluding carboxylic acids is 2. The molecular weight excluding hydrogens is 403 g/mol. The third-order valence-electron chi connectivity index (χ3n) is 3.34. The summed E-state index contributed by atoms with van der Waals surface area (Å²) in [5, 5.41) is 4.68. The largest absolute Gasteiger partial charge is 0.534 e. The lowest BCUT2D eigenvalue weighted by atomic mass is 10.2. The molecule has 1 aromatic rings. The minimum atomic E-state index is -5.92. The highest BCUT2D eigenvalue weighted by Gasteiger charge is 2.48. The SMILES string of the molecule is CCCCC(=O)Nc1cc(OS(=O)(=O)C(F)(F)F)cc(NC(=O)CCCC)n1. The van der Waals surface area contributed by atoms with Crippen LogP contribution in [0.1, 0.15) is 52.4 Å². The summed E-state index contributed by atoms with van der Waals surface area (Å²) in [5.74, 6) is -2.17. The summed E-state index contributed by atoms with van der Waals surface area (Å²) in [5.41, 5.74) is -5.63. The number of halogens is 3. The molecule has 2 N–H and O–H groups in total. The Hall–Kier alpha value is -2.37. The van der Waals surface area contributed by atoms with E-state index in [1.54, 1.807) is 0 Å². The maximum Gasteiger partial charge on any atom is 0.534 e. The van der Waals surface area contributed by atoms with Gasteiger partial charge in [0, 0.05) is 25.0 Å². The Balaban J connectivity index is 3.12. The third-order valence-corrected chi connectivity index (χ3v) is 4.32. The highest BCUT2D eigenvalue weighted by Crippen LogP contribution is 2.29. The van der Waals surface area contributed by atoms with Crippen LogP contribution in [-0.4, -0.2) is 30.7 Å². The molecule has 0 spiro atoms. The van der Waals surface area contributed by atoms with Crippen molar-refractivity contribution in [1.82, 2.24) is 4.98 Å². The fourth-order valence-corrected chi connectivity index (χ4v) is 2.39. The molecule has 0 radical (unpaired) electrons. The molecule has 158 valence electrons. The molecular formula is C16H22F3N3O5S. The van der Waals surface area contributed by atoms with Crippen molar-refractivity contribution in [3.8, 4) is 5.75 Å². The first-order valence-corrected chi connectivity index (χ1v) is 10.0. The number of hydrogen-bond donors (Lipinski definition) is 2. The van der Waals surface area contributed by atoms with Crippen molar-refractivity contribution in [2.75, 3.05) is 10.6 Å². The van der Waals surface area contributed by atoms with Crippen LogP contribution in [0.2, 0.25) is 0 Å². The van der Waals surface area contributed by atoms with Gasteiger partial charge in [0.05, 0.1) is 0 Å². The van der Waals surface area contributed by atoms with E-state index in [0.29, 0.717) is 12.8 Å². The van der Waals surface area contributed by atoms with E-state index in [1.807, 2.05) is 13.8 Å². The highest BCUT2D eigenvalue weighted by atomic mass is 32.2. The lowest BCUT2D eigenvalue weighted by molar-refractivity contribution is -0.117. The Morgan fingerprint density at radius 1 is 1.00 bits per heavy atom. The van der Waals surface area contributed by atoms with Gasteiger partial charge in [-0.2, -0.15) is 21.6 Å². The topological polar surface area (TPSA) is 114 Å². The van der Waals surface area contributed by atoms with Crippen molar-refractivity contribution in [3.05, 3.63) is 12.1 Å². The number of unbranched alkanes of at least 4 members (excludes halogenated alkanes) is 2. The normalized spacial score (nSPS) is 11.8. The number of nitrogens with zero attached hydrogens (tertiary/aromatic N) is 1. The molecule has 0 bridgehead atoms. The van der Waals surface area contributed by atoms with Crippen LogP contribution in [0, 0.1) is 0 Å². The standard InChI is InChI=1S/C16H22F3N3O5S/c1-3-5-7-14(23)21-12-9-11(27-28(25,26)16(17,18)19)10-13(20-12)22-15(24)8-6-4-2/h9-10H,3-8H2,1-2H3,(H2,20,21,22,23,24). The van der Waals surface area contributed by atoms with Gasteiger partial charge in [-0.3, -0.25) is 9.59 Å². The van der Waals surface area contributed by atoms with Gasteiger partial charge in [-0.25, -0.2) is 4.98 Å². The highest BCUT2D eigenvalue weighted by molar-refractivity contribution is 7.88. The van der Waals surface area contributed by atoms with Crippen LogP contribution in [0.5, 0.6) is 5.75 Å². The van der Waals surface area contributed by atoms with Crippen molar-refractivity contribution in [3.63, 3.8) is 0 Å². The zero-order valence-electron chi connectivity index (χ0n) is 15.4. The van der Waals surface area contributed by atoms with E-state index >= 15 is 0 Å². The third kappa shape index (κ3) is 7.71. The van der Waals surface area contributed by atoms with E-state index < -0.39 is 33.2 Å². The Bertz CT molecular complexity index is 757. The molecule has 0 aliphatic carbocycles. The van der Waals surface area contributed by atoms with Gasteiger partial charge < -0.3 is 14.8 Å². The number of pyridine rings is 1. The summed E-state index contributed by atoms with van der Waals surface area (Å²) in [7, 11) is -5.92. The number of carbonyl (C=O) groups is 2. The van der Waals surface area contributed by atoms with Gasteiger partial charge in [-0.05, 0) is 12.8 Å². The Morgan fingerprint density at radius 2 is 1.43 bits per heavy atom. The van der Waals surface area contributed by atoms with Gasteiger partial charge in [0.15, 0.2) is 0 Å². The number of alkyl halides is 3. The molecule has 8 nitrogen and oxygen atoms in total. The maximum atomic E-state index is 12.6. The summed E-state index contributed by atoms with van der Waals surface area (Å²) in [4.78, 5) is 27.6. The van der Waals surface area contributed by atoms with Gasteiger partial charge >= 0.3 is 15.6 Å². The van der Waals surface area contributed by atoms with E-state index in [1.165, 1.54) is 0 Å². The van der Waals surface area contributed by atoms with Crippen LogP contribution in [0.15, 0.2) is 12.1 Å². The Kier molecular flexibility index (Phi) is 8.66. The predicted molar refractivity (Wildman–Crippen MR) is 96.1 cm³/mol. The molecule has 2 amide bonds. The van der Waals surface area contributed by atoms with Gasteiger partial charge in [-0.15, -0.1) is 0 Å². The first kappa shape index (κ1) is 23.7. The summed E-state index contributed by atoms with van der Waals surface area (Å²) in [6.45, 7) is 3.73. The van der Waals surface area contributed by atoms with Crippen molar-refractivity contribution in [2.24, 2.45) is 0 Å². The summed E-state index contributed by atoms with van der Waals surface area (Å²) in [6, 6.07) is 1.66. The smallest absolute Gasteiger partial charge is 0.376 e. The van der Waals surface area contributed by atoms with Gasteiger partial charge in [-0.1, -0.05) is 26.7 Å². The fourth-order valence-electron chi connectivity index (χ4n) is 1.94. The maximum absolute atomic E-state index is 12.6. The van der Waals surface area contributed by atoms with Gasteiger partial charge in [0.25, 0.3) is 0 Å². The Labute approximate surface area is 161 Å². The van der Waals surface area contributed by atoms with Crippen molar-refractivity contribution >= 4 is 33.6 Å². The molecule has 12 heteroatoms. The summed E-state index contributed by atoms with van der Waals surface area (Å²) >= 11 is 0. The van der Waals surface area contributed by atoms with E-state index in [9.17, 15) is 31.2 Å². The minimum absolute atomic E-state index is 0.141. The van der Waals surface area contributed by atoms with Crippen LogP contribution in [0.3, 0.4) is 0 Å². The number of amides is 2. The number of aromatic nitrogens is 1. The van der Waals surface area contributed by atoms with Crippen molar-refractivity contribution < 1.29 is 35.4 Å². The van der Waals surface area contributed by atoms with Gasteiger partial charge in [0.1, 0.15) is 17.4 Å². The molecule has 1 aromatic heterocycles. The zero-order valence-corrected chi connectivity index (χ0v) is 16.2. The fraction of sp³-hybridized carbons (Fsp3) is 0.562. The second-order valence-electron chi connectivity index (χ2n) is 5.86. The van der Waals surface area contributed by atoms with Crippen LogP contribution < -0.4 is 14.8 Å². The average molecular weight is 425 g/mol. The molecule has 0 aliphatic rings. The Morgan fingerprint density at radius 3 is 1.79 bits per heavy atom. The quantitative estimate of drug-likeness (QED) is 0.438. The molecule has 0 saturated carbocycles. The molecule has 0 aromatic carbocycles. The van der Waals surface area contributed by atoms with Crippen LogP contribution in [0.25, 0.3) is 0 Å². The first-order valence-electron chi connectivity index (χ1n) is 8.61. The number of hydrogen-bond acceptors (Lipinski definition) is 6. The summed E-state index contributed by atoms with van der Waals surface area (Å²) in [6.07, 6.45) is 2.92. The number of nitrogens with one attached hydrogen (secondary N) is 2. The predicted octanol–water partition coefficient (Wildman–Crippen LogP) is 3.57. The monoisotopic (exact) mass is 425 g/mol. The van der Waals surface area contributed by atoms with E-state index in [0.717, 1.165) is 25.0 Å². The van der Waals surface area contributed by atoms with Crippen molar-refractivity contribution in [2.45, 2.75) is 57.9 Å². The number of rotatable bonds is 10. The van der Waals surface area contributed by atoms with Crippen LogP contribution >= 0.6 is 0 Å². The molecule has 0 fully saturated rings. The van der Waals surface area contributed by atoms with E-state index in [4.69, 9.17) is 0 Å². The van der Waals surface area contributed by atoms with Crippen LogP contribution in [0.4, 0.5) is 24.8 Å². The molecule has 0 saturated heterocycles. The molecule has 1 heterocycles. The number of anilines is 2. The lowest BCUT2D eigenvalue weighted by Gasteiger charge is -2.13. The van der Waals surface area contributed by atoms with E-state index in [2.05, 4.69) is 19.8 Å². The minimum Gasteiger partial charge on any atom is -0.376 e. The van der Waals surface area contributed by atoms with Crippen molar-refractivity contribution in [1.29, 1.82) is 0 Å². The molecule has 28 heavy (non-hydrogen) atoms. The lowest BCUT2D eigenvalue weighted by Crippen LogP contribution is -2.28.